The molecule has 3 N–H and O–H groups in total. The van der Waals surface area contributed by atoms with Crippen LogP contribution in [0.3, 0.4) is 0 Å². The quantitative estimate of drug-likeness (QED) is 0.764. The Morgan fingerprint density at radius 1 is 1.16 bits per heavy atom. The Balaban J connectivity index is 1.56. The van der Waals surface area contributed by atoms with Crippen LogP contribution in [0.5, 0.6) is 0 Å². The fourth-order valence-corrected chi connectivity index (χ4v) is 3.34. The van der Waals surface area contributed by atoms with Crippen LogP contribution in [-0.4, -0.2) is 35.3 Å². The fraction of sp³-hybridized carbons (Fsp3) is 0.667. The number of aliphatic hydroxyl groups is 1. The molecule has 1 aromatic rings. The van der Waals surface area contributed by atoms with Gasteiger partial charge < -0.3 is 15.7 Å². The summed E-state index contributed by atoms with van der Waals surface area (Å²) in [5.41, 5.74) is 0.373. The first-order valence-electron chi connectivity index (χ1n) is 7.36. The minimum Gasteiger partial charge on any atom is -0.385 e. The molecule has 0 radical (unpaired) electrons. The van der Waals surface area contributed by atoms with Crippen LogP contribution in [0.4, 0.5) is 0 Å². The predicted molar refractivity (Wildman–Crippen MR) is 74.8 cm³/mol. The zero-order valence-electron chi connectivity index (χ0n) is 11.3. The van der Waals surface area contributed by atoms with Crippen molar-refractivity contribution in [2.45, 2.75) is 49.8 Å². The summed E-state index contributed by atoms with van der Waals surface area (Å²) in [6.45, 7) is 2.22. The molecular weight excluding hydrogens is 238 g/mol. The largest absolute Gasteiger partial charge is 0.385 e. The average Bonchev–Trinajstić information content (AvgIpc) is 2.96. The first-order valence-corrected chi connectivity index (χ1v) is 7.36. The van der Waals surface area contributed by atoms with Gasteiger partial charge in [-0.05, 0) is 56.3 Å². The van der Waals surface area contributed by atoms with Gasteiger partial charge in [0, 0.05) is 31.0 Å². The van der Waals surface area contributed by atoms with Crippen molar-refractivity contribution in [3.63, 3.8) is 0 Å². The molecule has 104 valence electrons. The van der Waals surface area contributed by atoms with E-state index in [-0.39, 0.29) is 0 Å². The van der Waals surface area contributed by atoms with Gasteiger partial charge in [0.1, 0.15) is 0 Å². The van der Waals surface area contributed by atoms with Crippen molar-refractivity contribution in [2.24, 2.45) is 0 Å². The van der Waals surface area contributed by atoms with Crippen LogP contribution in [0.2, 0.25) is 0 Å². The highest BCUT2D eigenvalue weighted by Crippen LogP contribution is 2.36. The van der Waals surface area contributed by atoms with Crippen molar-refractivity contribution >= 4 is 0 Å². The summed E-state index contributed by atoms with van der Waals surface area (Å²) in [6, 6.07) is 5.06. The topological polar surface area (TPSA) is 57.2 Å². The first-order chi connectivity index (χ1) is 9.26. The van der Waals surface area contributed by atoms with E-state index in [1.807, 2.05) is 12.1 Å². The molecule has 2 heterocycles. The molecule has 0 spiro atoms. The lowest BCUT2D eigenvalue weighted by molar-refractivity contribution is -0.00924. The van der Waals surface area contributed by atoms with Crippen LogP contribution in [0, 0.1) is 0 Å². The molecule has 1 saturated carbocycles. The van der Waals surface area contributed by atoms with Gasteiger partial charge in [-0.3, -0.25) is 4.98 Å². The fourth-order valence-electron chi connectivity index (χ4n) is 3.34. The van der Waals surface area contributed by atoms with Gasteiger partial charge in [0.15, 0.2) is 0 Å². The second kappa shape index (κ2) is 5.57. The van der Waals surface area contributed by atoms with E-state index in [2.05, 4.69) is 15.6 Å². The molecule has 2 fully saturated rings. The van der Waals surface area contributed by atoms with Gasteiger partial charge in [0.2, 0.25) is 0 Å². The summed E-state index contributed by atoms with van der Waals surface area (Å²) in [5.74, 6) is 0. The van der Waals surface area contributed by atoms with Crippen molar-refractivity contribution in [1.29, 1.82) is 0 Å². The molecule has 1 aliphatic heterocycles. The van der Waals surface area contributed by atoms with Gasteiger partial charge in [0.25, 0.3) is 0 Å². The van der Waals surface area contributed by atoms with E-state index in [0.29, 0.717) is 12.1 Å². The smallest absolute Gasteiger partial charge is 0.0898 e. The molecule has 4 nitrogen and oxygen atoms in total. The lowest BCUT2D eigenvalue weighted by atomic mass is 9.78. The van der Waals surface area contributed by atoms with Gasteiger partial charge in [-0.25, -0.2) is 0 Å². The SMILES string of the molecule is OC1(c2ccncc2)CCC(N[C@H]2CCNC2)CC1. The van der Waals surface area contributed by atoms with Gasteiger partial charge >= 0.3 is 0 Å². The maximum absolute atomic E-state index is 10.8. The van der Waals surface area contributed by atoms with Crippen molar-refractivity contribution in [3.05, 3.63) is 30.1 Å². The molecule has 1 atom stereocenters. The number of hydrogen-bond donors (Lipinski definition) is 3. The Kier molecular flexibility index (Phi) is 3.82. The molecule has 4 heteroatoms. The number of nitrogens with zero attached hydrogens (tertiary/aromatic N) is 1. The van der Waals surface area contributed by atoms with Gasteiger partial charge in [0.05, 0.1) is 5.60 Å². The Morgan fingerprint density at radius 2 is 1.89 bits per heavy atom. The van der Waals surface area contributed by atoms with E-state index in [9.17, 15) is 5.11 Å². The van der Waals surface area contributed by atoms with E-state index in [4.69, 9.17) is 0 Å². The molecule has 1 aromatic heterocycles. The summed E-state index contributed by atoms with van der Waals surface area (Å²) in [5, 5.41) is 17.9. The summed E-state index contributed by atoms with van der Waals surface area (Å²) < 4.78 is 0. The van der Waals surface area contributed by atoms with Crippen molar-refractivity contribution < 1.29 is 5.11 Å². The van der Waals surface area contributed by atoms with Crippen LogP contribution in [-0.2, 0) is 5.60 Å². The van der Waals surface area contributed by atoms with E-state index in [1.54, 1.807) is 12.4 Å². The molecule has 0 bridgehead atoms. The average molecular weight is 261 g/mol. The highest BCUT2D eigenvalue weighted by Gasteiger charge is 2.35. The summed E-state index contributed by atoms with van der Waals surface area (Å²) in [7, 11) is 0. The van der Waals surface area contributed by atoms with Crippen LogP contribution in [0.1, 0.15) is 37.7 Å². The summed E-state index contributed by atoms with van der Waals surface area (Å²) >= 11 is 0. The van der Waals surface area contributed by atoms with Crippen LogP contribution in [0.25, 0.3) is 0 Å². The summed E-state index contributed by atoms with van der Waals surface area (Å²) in [6.07, 6.45) is 8.54. The maximum atomic E-state index is 10.8. The van der Waals surface area contributed by atoms with Gasteiger partial charge in [-0.2, -0.15) is 0 Å². The second-order valence-electron chi connectivity index (χ2n) is 5.90. The molecule has 19 heavy (non-hydrogen) atoms. The molecule has 1 saturated heterocycles. The van der Waals surface area contributed by atoms with Gasteiger partial charge in [-0.1, -0.05) is 0 Å². The third kappa shape index (κ3) is 2.96. The van der Waals surface area contributed by atoms with Gasteiger partial charge in [-0.15, -0.1) is 0 Å². The Morgan fingerprint density at radius 3 is 2.53 bits per heavy atom. The second-order valence-corrected chi connectivity index (χ2v) is 5.90. The van der Waals surface area contributed by atoms with E-state index in [1.165, 1.54) is 6.42 Å². The van der Waals surface area contributed by atoms with Crippen molar-refractivity contribution in [3.8, 4) is 0 Å². The third-order valence-electron chi connectivity index (χ3n) is 4.56. The minimum atomic E-state index is -0.644. The third-order valence-corrected chi connectivity index (χ3v) is 4.56. The Bertz CT molecular complexity index is 395. The number of nitrogens with one attached hydrogen (secondary N) is 2. The normalized spacial score (nSPS) is 35.4. The lowest BCUT2D eigenvalue weighted by Crippen LogP contribution is -2.44. The highest BCUT2D eigenvalue weighted by molar-refractivity contribution is 5.20. The Labute approximate surface area is 114 Å². The van der Waals surface area contributed by atoms with Crippen molar-refractivity contribution in [1.82, 2.24) is 15.6 Å². The van der Waals surface area contributed by atoms with Crippen LogP contribution < -0.4 is 10.6 Å². The van der Waals surface area contributed by atoms with E-state index < -0.39 is 5.60 Å². The molecule has 0 amide bonds. The molecule has 0 unspecified atom stereocenters. The minimum absolute atomic E-state index is 0.562. The first kappa shape index (κ1) is 13.0. The highest BCUT2D eigenvalue weighted by atomic mass is 16.3. The zero-order valence-corrected chi connectivity index (χ0v) is 11.3. The van der Waals surface area contributed by atoms with Crippen LogP contribution >= 0.6 is 0 Å². The van der Waals surface area contributed by atoms with E-state index in [0.717, 1.165) is 44.3 Å². The predicted octanol–water partition coefficient (Wildman–Crippen LogP) is 1.16. The number of aromatic nitrogens is 1. The van der Waals surface area contributed by atoms with Crippen molar-refractivity contribution in [2.75, 3.05) is 13.1 Å². The maximum Gasteiger partial charge on any atom is 0.0898 e. The molecular formula is C15H23N3O. The zero-order chi connectivity index (χ0) is 13.1. The number of pyridine rings is 1. The number of hydrogen-bond acceptors (Lipinski definition) is 4. The molecule has 2 aliphatic rings. The molecule has 0 aromatic carbocycles. The molecule has 3 rings (SSSR count). The standard InChI is InChI=1S/C15H23N3O/c19-15(12-3-8-16-9-4-12)6-1-13(2-7-15)18-14-5-10-17-11-14/h3-4,8-9,13-14,17-19H,1-2,5-7,10-11H2/t13?,14-,15?/m0/s1. The molecule has 1 aliphatic carbocycles. The lowest BCUT2D eigenvalue weighted by Gasteiger charge is -2.37. The van der Waals surface area contributed by atoms with E-state index >= 15 is 0 Å². The monoisotopic (exact) mass is 261 g/mol. The Hall–Kier alpha value is -0.970. The van der Waals surface area contributed by atoms with Crippen LogP contribution in [0.15, 0.2) is 24.5 Å². The summed E-state index contributed by atoms with van der Waals surface area (Å²) in [4.78, 5) is 4.02. The number of rotatable bonds is 3.